The van der Waals surface area contributed by atoms with Crippen LogP contribution in [-0.2, 0) is 14.3 Å². The van der Waals surface area contributed by atoms with E-state index in [0.29, 0.717) is 0 Å². The zero-order chi connectivity index (χ0) is 15.4. The molecule has 2 fully saturated rings. The third-order valence-electron chi connectivity index (χ3n) is 4.44. The highest BCUT2D eigenvalue weighted by Crippen LogP contribution is 2.28. The molecule has 1 atom stereocenters. The van der Waals surface area contributed by atoms with Crippen molar-refractivity contribution in [1.29, 1.82) is 0 Å². The fourth-order valence-corrected chi connectivity index (χ4v) is 2.96. The van der Waals surface area contributed by atoms with E-state index in [1.165, 1.54) is 6.42 Å². The lowest BCUT2D eigenvalue weighted by Crippen LogP contribution is -2.35. The molecule has 0 aromatic heterocycles. The van der Waals surface area contributed by atoms with E-state index in [4.69, 9.17) is 4.74 Å². The Balaban J connectivity index is 1.69. The van der Waals surface area contributed by atoms with Crippen LogP contribution in [-0.4, -0.2) is 17.9 Å². The monoisotopic (exact) mass is 301 g/mol. The van der Waals surface area contributed by atoms with Crippen LogP contribution in [0.5, 0.6) is 0 Å². The summed E-state index contributed by atoms with van der Waals surface area (Å²) in [7, 11) is 0. The standard InChI is InChI=1S/C18H23NO3/c20-17(19-15-11-12-15)16(13-7-3-1-4-8-13)22-18(21)14-9-5-2-6-10-14/h1,3-4,7-8,14-16H,2,5-6,9-12H2,(H,19,20)/t16-/m1/s1. The number of carbonyl (C=O) groups is 2. The molecule has 0 saturated heterocycles. The Labute approximate surface area is 131 Å². The molecule has 0 unspecified atom stereocenters. The van der Waals surface area contributed by atoms with E-state index < -0.39 is 6.10 Å². The number of carbonyl (C=O) groups excluding carboxylic acids is 2. The van der Waals surface area contributed by atoms with E-state index in [-0.39, 0.29) is 23.8 Å². The summed E-state index contributed by atoms with van der Waals surface area (Å²) < 4.78 is 5.62. The van der Waals surface area contributed by atoms with Crippen LogP contribution in [0.3, 0.4) is 0 Å². The lowest BCUT2D eigenvalue weighted by atomic mass is 9.89. The summed E-state index contributed by atoms with van der Waals surface area (Å²) in [6.07, 6.45) is 6.31. The molecule has 0 heterocycles. The van der Waals surface area contributed by atoms with Crippen LogP contribution >= 0.6 is 0 Å². The Morgan fingerprint density at radius 3 is 2.32 bits per heavy atom. The van der Waals surface area contributed by atoms with E-state index >= 15 is 0 Å². The molecule has 2 aliphatic rings. The second-order valence-corrected chi connectivity index (χ2v) is 6.35. The van der Waals surface area contributed by atoms with E-state index in [0.717, 1.165) is 44.1 Å². The van der Waals surface area contributed by atoms with Gasteiger partial charge in [0.15, 0.2) is 0 Å². The van der Waals surface area contributed by atoms with Gasteiger partial charge < -0.3 is 10.1 Å². The van der Waals surface area contributed by atoms with Crippen LogP contribution in [0.2, 0.25) is 0 Å². The molecule has 22 heavy (non-hydrogen) atoms. The molecule has 3 rings (SSSR count). The first-order valence-corrected chi connectivity index (χ1v) is 8.30. The van der Waals surface area contributed by atoms with Crippen molar-refractivity contribution in [2.24, 2.45) is 5.92 Å². The average Bonchev–Trinajstić information content (AvgIpc) is 3.38. The summed E-state index contributed by atoms with van der Waals surface area (Å²) in [5, 5.41) is 2.94. The van der Waals surface area contributed by atoms with Gasteiger partial charge in [0, 0.05) is 11.6 Å². The molecule has 1 amide bonds. The van der Waals surface area contributed by atoms with Crippen molar-refractivity contribution in [2.75, 3.05) is 0 Å². The van der Waals surface area contributed by atoms with Crippen LogP contribution in [0.4, 0.5) is 0 Å². The summed E-state index contributed by atoms with van der Waals surface area (Å²) in [4.78, 5) is 24.8. The number of hydrogen-bond donors (Lipinski definition) is 1. The Bertz CT molecular complexity index is 518. The van der Waals surface area contributed by atoms with Crippen LogP contribution in [0.25, 0.3) is 0 Å². The summed E-state index contributed by atoms with van der Waals surface area (Å²) in [5.74, 6) is -0.467. The number of nitrogens with one attached hydrogen (secondary N) is 1. The van der Waals surface area contributed by atoms with Crippen molar-refractivity contribution in [1.82, 2.24) is 5.32 Å². The smallest absolute Gasteiger partial charge is 0.310 e. The molecule has 0 aliphatic heterocycles. The number of hydrogen-bond acceptors (Lipinski definition) is 3. The van der Waals surface area contributed by atoms with E-state index in [1.807, 2.05) is 30.3 Å². The van der Waals surface area contributed by atoms with Crippen molar-refractivity contribution in [3.63, 3.8) is 0 Å². The molecule has 1 aromatic rings. The molecule has 4 nitrogen and oxygen atoms in total. The summed E-state index contributed by atoms with van der Waals surface area (Å²) in [6.45, 7) is 0. The highest BCUT2D eigenvalue weighted by molar-refractivity contribution is 5.85. The lowest BCUT2D eigenvalue weighted by Gasteiger charge is -2.24. The Morgan fingerprint density at radius 2 is 1.68 bits per heavy atom. The van der Waals surface area contributed by atoms with E-state index in [9.17, 15) is 9.59 Å². The quantitative estimate of drug-likeness (QED) is 0.850. The summed E-state index contributed by atoms with van der Waals surface area (Å²) >= 11 is 0. The Kier molecular flexibility index (Phi) is 4.76. The zero-order valence-corrected chi connectivity index (χ0v) is 12.8. The minimum absolute atomic E-state index is 0.0475. The Morgan fingerprint density at radius 1 is 1.00 bits per heavy atom. The van der Waals surface area contributed by atoms with Crippen molar-refractivity contribution in [3.8, 4) is 0 Å². The van der Waals surface area contributed by atoms with Crippen LogP contribution in [0.15, 0.2) is 30.3 Å². The largest absolute Gasteiger partial charge is 0.447 e. The van der Waals surface area contributed by atoms with Gasteiger partial charge in [-0.05, 0) is 25.7 Å². The molecule has 0 radical (unpaired) electrons. The maximum atomic E-state index is 12.4. The molecule has 118 valence electrons. The Hall–Kier alpha value is -1.84. The number of benzene rings is 1. The first kappa shape index (κ1) is 15.1. The van der Waals surface area contributed by atoms with Gasteiger partial charge in [0.05, 0.1) is 5.92 Å². The van der Waals surface area contributed by atoms with Gasteiger partial charge in [-0.3, -0.25) is 9.59 Å². The van der Waals surface area contributed by atoms with Gasteiger partial charge in [-0.2, -0.15) is 0 Å². The third-order valence-corrected chi connectivity index (χ3v) is 4.44. The molecular weight excluding hydrogens is 278 g/mol. The number of rotatable bonds is 5. The van der Waals surface area contributed by atoms with Gasteiger partial charge in [-0.15, -0.1) is 0 Å². The molecule has 0 bridgehead atoms. The van der Waals surface area contributed by atoms with Crippen molar-refractivity contribution in [2.45, 2.75) is 57.1 Å². The maximum absolute atomic E-state index is 12.4. The van der Waals surface area contributed by atoms with Gasteiger partial charge in [0.25, 0.3) is 5.91 Å². The SMILES string of the molecule is O=C(O[C@@H](C(=O)NC1CC1)c1ccccc1)C1CCCCC1. The second-order valence-electron chi connectivity index (χ2n) is 6.35. The summed E-state index contributed by atoms with van der Waals surface area (Å²) in [6, 6.07) is 9.55. The first-order chi connectivity index (χ1) is 10.7. The molecule has 2 saturated carbocycles. The van der Waals surface area contributed by atoms with Crippen LogP contribution in [0, 0.1) is 5.92 Å². The highest BCUT2D eigenvalue weighted by Gasteiger charge is 2.32. The number of amides is 1. The van der Waals surface area contributed by atoms with Gasteiger partial charge in [0.1, 0.15) is 0 Å². The van der Waals surface area contributed by atoms with E-state index in [1.54, 1.807) is 0 Å². The number of ether oxygens (including phenoxy) is 1. The van der Waals surface area contributed by atoms with Crippen LogP contribution < -0.4 is 5.32 Å². The predicted octanol–water partition coefficient (Wildman–Crippen LogP) is 3.13. The van der Waals surface area contributed by atoms with Crippen LogP contribution in [0.1, 0.15) is 56.6 Å². The molecule has 2 aliphatic carbocycles. The topological polar surface area (TPSA) is 55.4 Å². The van der Waals surface area contributed by atoms with Crippen molar-refractivity contribution >= 4 is 11.9 Å². The molecule has 0 spiro atoms. The van der Waals surface area contributed by atoms with Gasteiger partial charge in [-0.25, -0.2) is 0 Å². The first-order valence-electron chi connectivity index (χ1n) is 8.30. The number of esters is 1. The minimum atomic E-state index is -0.823. The van der Waals surface area contributed by atoms with E-state index in [2.05, 4.69) is 5.32 Å². The highest BCUT2D eigenvalue weighted by atomic mass is 16.5. The van der Waals surface area contributed by atoms with Gasteiger partial charge in [-0.1, -0.05) is 49.6 Å². The molecule has 1 aromatic carbocycles. The minimum Gasteiger partial charge on any atom is -0.447 e. The zero-order valence-electron chi connectivity index (χ0n) is 12.8. The van der Waals surface area contributed by atoms with Gasteiger partial charge >= 0.3 is 5.97 Å². The lowest BCUT2D eigenvalue weighted by molar-refractivity contribution is -0.161. The van der Waals surface area contributed by atoms with Gasteiger partial charge in [0.2, 0.25) is 6.10 Å². The average molecular weight is 301 g/mol. The summed E-state index contributed by atoms with van der Waals surface area (Å²) in [5.41, 5.74) is 0.741. The third kappa shape index (κ3) is 3.87. The molecule has 4 heteroatoms. The molecular formula is C18H23NO3. The second kappa shape index (κ2) is 6.95. The van der Waals surface area contributed by atoms with Crippen molar-refractivity contribution in [3.05, 3.63) is 35.9 Å². The predicted molar refractivity (Wildman–Crippen MR) is 83.0 cm³/mol. The normalized spacial score (nSPS) is 20.2. The molecule has 1 N–H and O–H groups in total. The van der Waals surface area contributed by atoms with Crippen molar-refractivity contribution < 1.29 is 14.3 Å². The maximum Gasteiger partial charge on any atom is 0.310 e. The fourth-order valence-electron chi connectivity index (χ4n) is 2.96. The fraction of sp³-hybridized carbons (Fsp3) is 0.556.